The largest absolute Gasteiger partial charge is 0.345 e. The molecule has 1 saturated carbocycles. The number of carbonyl (C=O) groups excluding carboxylic acids is 2. The molecule has 1 heterocycles. The third-order valence-corrected chi connectivity index (χ3v) is 4.54. The molecule has 0 atom stereocenters. The number of hydrogen-bond donors (Lipinski definition) is 2. The number of amides is 2. The maximum Gasteiger partial charge on any atom is 0.246 e. The molecule has 2 aliphatic rings. The quantitative estimate of drug-likeness (QED) is 0.882. The van der Waals surface area contributed by atoms with Gasteiger partial charge >= 0.3 is 0 Å². The third kappa shape index (κ3) is 3.10. The smallest absolute Gasteiger partial charge is 0.246 e. The van der Waals surface area contributed by atoms with Crippen LogP contribution in [-0.4, -0.2) is 30.4 Å². The van der Waals surface area contributed by atoms with Crippen molar-refractivity contribution in [3.05, 3.63) is 29.8 Å². The van der Waals surface area contributed by atoms with Crippen molar-refractivity contribution in [2.24, 2.45) is 5.73 Å². The van der Waals surface area contributed by atoms with E-state index in [0.29, 0.717) is 19.4 Å². The number of hydrogen-bond acceptors (Lipinski definition) is 3. The lowest BCUT2D eigenvalue weighted by atomic mass is 9.98. The Morgan fingerprint density at radius 2 is 1.91 bits per heavy atom. The number of nitrogens with zero attached hydrogens (tertiary/aromatic N) is 1. The van der Waals surface area contributed by atoms with Gasteiger partial charge in [0.1, 0.15) is 0 Å². The zero-order valence-corrected chi connectivity index (χ0v) is 13.3. The summed E-state index contributed by atoms with van der Waals surface area (Å²) in [6.07, 6.45) is 4.25. The first-order valence-electron chi connectivity index (χ1n) is 7.56. The zero-order valence-electron chi connectivity index (χ0n) is 12.5. The lowest BCUT2D eigenvalue weighted by Crippen LogP contribution is -2.53. The number of nitrogens with one attached hydrogen (secondary N) is 1. The Morgan fingerprint density at radius 3 is 2.64 bits per heavy atom. The minimum Gasteiger partial charge on any atom is -0.345 e. The summed E-state index contributed by atoms with van der Waals surface area (Å²) in [6, 6.07) is 7.89. The van der Waals surface area contributed by atoms with Crippen LogP contribution in [0.3, 0.4) is 0 Å². The fourth-order valence-corrected chi connectivity index (χ4v) is 3.26. The van der Waals surface area contributed by atoms with Crippen molar-refractivity contribution >= 4 is 29.9 Å². The van der Waals surface area contributed by atoms with Crippen molar-refractivity contribution in [1.29, 1.82) is 0 Å². The molecule has 0 aromatic heterocycles. The minimum atomic E-state index is -0.775. The molecule has 1 aliphatic heterocycles. The van der Waals surface area contributed by atoms with E-state index in [2.05, 4.69) is 5.32 Å². The van der Waals surface area contributed by atoms with Gasteiger partial charge in [0, 0.05) is 12.2 Å². The molecule has 0 spiro atoms. The van der Waals surface area contributed by atoms with Gasteiger partial charge in [0.15, 0.2) is 0 Å². The normalized spacial score (nSPS) is 18.5. The van der Waals surface area contributed by atoms with Crippen LogP contribution in [0.1, 0.15) is 31.2 Å². The Kier molecular flexibility index (Phi) is 5.08. The molecule has 1 aromatic rings. The second-order valence-corrected chi connectivity index (χ2v) is 5.97. The molecule has 3 rings (SSSR count). The summed E-state index contributed by atoms with van der Waals surface area (Å²) >= 11 is 0. The predicted octanol–water partition coefficient (Wildman–Crippen LogP) is 1.39. The Bertz CT molecular complexity index is 570. The number of anilines is 1. The molecule has 3 N–H and O–H groups in total. The maximum atomic E-state index is 12.3. The number of nitrogens with two attached hydrogens (primary N) is 1. The average Bonchev–Trinajstić information content (AvgIpc) is 3.11. The van der Waals surface area contributed by atoms with E-state index >= 15 is 0 Å². The first-order chi connectivity index (χ1) is 10.1. The average molecular weight is 324 g/mol. The van der Waals surface area contributed by atoms with Gasteiger partial charge in [0.2, 0.25) is 11.8 Å². The van der Waals surface area contributed by atoms with Crippen LogP contribution in [-0.2, 0) is 16.0 Å². The van der Waals surface area contributed by atoms with Gasteiger partial charge in [-0.1, -0.05) is 31.0 Å². The van der Waals surface area contributed by atoms with Crippen molar-refractivity contribution in [2.75, 3.05) is 18.0 Å². The zero-order chi connectivity index (χ0) is 14.9. The van der Waals surface area contributed by atoms with Gasteiger partial charge in [0.05, 0.1) is 12.1 Å². The van der Waals surface area contributed by atoms with Crippen molar-refractivity contribution in [3.63, 3.8) is 0 Å². The van der Waals surface area contributed by atoms with Crippen molar-refractivity contribution in [3.8, 4) is 0 Å². The highest BCUT2D eigenvalue weighted by Gasteiger charge is 2.37. The molecular weight excluding hydrogens is 302 g/mol. The lowest BCUT2D eigenvalue weighted by Gasteiger charge is -2.23. The summed E-state index contributed by atoms with van der Waals surface area (Å²) in [4.78, 5) is 26.2. The number of para-hydroxylation sites is 1. The Morgan fingerprint density at radius 1 is 1.23 bits per heavy atom. The van der Waals surface area contributed by atoms with Gasteiger partial charge in [-0.05, 0) is 30.9 Å². The standard InChI is InChI=1S/C16H21N3O2.ClH/c17-16(8-3-4-9-16)15(21)18-11-14(20)19-10-7-12-5-1-2-6-13(12)19;/h1-2,5-6H,3-4,7-11,17H2,(H,18,21);1H. The molecule has 22 heavy (non-hydrogen) atoms. The SMILES string of the molecule is Cl.NC1(C(=O)NCC(=O)N2CCc3ccccc32)CCCC1. The molecule has 120 valence electrons. The number of benzene rings is 1. The number of carbonyl (C=O) groups is 2. The summed E-state index contributed by atoms with van der Waals surface area (Å²) in [5.41, 5.74) is 7.45. The maximum absolute atomic E-state index is 12.3. The summed E-state index contributed by atoms with van der Waals surface area (Å²) in [7, 11) is 0. The van der Waals surface area contributed by atoms with E-state index in [4.69, 9.17) is 5.73 Å². The van der Waals surface area contributed by atoms with Gasteiger partial charge < -0.3 is 16.0 Å². The second-order valence-electron chi connectivity index (χ2n) is 5.97. The Labute approximate surface area is 136 Å². The van der Waals surface area contributed by atoms with Gasteiger partial charge in [-0.2, -0.15) is 0 Å². The molecule has 1 aromatic carbocycles. The number of halogens is 1. The van der Waals surface area contributed by atoms with Crippen molar-refractivity contribution < 1.29 is 9.59 Å². The first-order valence-corrected chi connectivity index (χ1v) is 7.56. The highest BCUT2D eigenvalue weighted by atomic mass is 35.5. The Balaban J connectivity index is 0.00000176. The molecule has 0 saturated heterocycles. The monoisotopic (exact) mass is 323 g/mol. The van der Waals surface area contributed by atoms with Crippen LogP contribution >= 0.6 is 12.4 Å². The second kappa shape index (κ2) is 6.67. The van der Waals surface area contributed by atoms with E-state index in [1.54, 1.807) is 4.90 Å². The molecular formula is C16H22ClN3O2. The van der Waals surface area contributed by atoms with E-state index in [1.165, 1.54) is 5.56 Å². The fourth-order valence-electron chi connectivity index (χ4n) is 3.26. The van der Waals surface area contributed by atoms with Crippen LogP contribution in [0.2, 0.25) is 0 Å². The number of fused-ring (bicyclic) bond motifs is 1. The summed E-state index contributed by atoms with van der Waals surface area (Å²) in [6.45, 7) is 0.702. The highest BCUT2D eigenvalue weighted by molar-refractivity contribution is 5.99. The van der Waals surface area contributed by atoms with Crippen LogP contribution in [0.4, 0.5) is 5.69 Å². The van der Waals surface area contributed by atoms with Gasteiger partial charge in [-0.3, -0.25) is 9.59 Å². The molecule has 0 radical (unpaired) electrons. The van der Waals surface area contributed by atoms with Crippen molar-refractivity contribution in [1.82, 2.24) is 5.32 Å². The van der Waals surface area contributed by atoms with Crippen LogP contribution in [0.15, 0.2) is 24.3 Å². The van der Waals surface area contributed by atoms with Crippen LogP contribution in [0, 0.1) is 0 Å². The van der Waals surface area contributed by atoms with Gasteiger partial charge in [-0.25, -0.2) is 0 Å². The predicted molar refractivity (Wildman–Crippen MR) is 88.1 cm³/mol. The highest BCUT2D eigenvalue weighted by Crippen LogP contribution is 2.28. The van der Waals surface area contributed by atoms with E-state index < -0.39 is 5.54 Å². The summed E-state index contributed by atoms with van der Waals surface area (Å²) in [5.74, 6) is -0.268. The molecule has 2 amide bonds. The first kappa shape index (κ1) is 16.8. The molecule has 1 fully saturated rings. The van der Waals surface area contributed by atoms with E-state index in [0.717, 1.165) is 24.9 Å². The minimum absolute atomic E-state index is 0. The third-order valence-electron chi connectivity index (χ3n) is 4.54. The molecule has 1 aliphatic carbocycles. The van der Waals surface area contributed by atoms with Gasteiger partial charge in [-0.15, -0.1) is 12.4 Å². The molecule has 0 bridgehead atoms. The van der Waals surface area contributed by atoms with E-state index in [1.807, 2.05) is 24.3 Å². The van der Waals surface area contributed by atoms with E-state index in [9.17, 15) is 9.59 Å². The Hall–Kier alpha value is -1.59. The van der Waals surface area contributed by atoms with Crippen LogP contribution in [0.25, 0.3) is 0 Å². The van der Waals surface area contributed by atoms with Crippen molar-refractivity contribution in [2.45, 2.75) is 37.6 Å². The van der Waals surface area contributed by atoms with Crippen LogP contribution < -0.4 is 16.0 Å². The molecule has 0 unspecified atom stereocenters. The van der Waals surface area contributed by atoms with E-state index in [-0.39, 0.29) is 30.8 Å². The lowest BCUT2D eigenvalue weighted by molar-refractivity contribution is -0.128. The van der Waals surface area contributed by atoms with Crippen LogP contribution in [0.5, 0.6) is 0 Å². The molecule has 6 heteroatoms. The summed E-state index contributed by atoms with van der Waals surface area (Å²) in [5, 5.41) is 2.72. The number of rotatable bonds is 3. The summed E-state index contributed by atoms with van der Waals surface area (Å²) < 4.78 is 0. The topological polar surface area (TPSA) is 75.4 Å². The molecule has 5 nitrogen and oxygen atoms in total. The van der Waals surface area contributed by atoms with Gasteiger partial charge in [0.25, 0.3) is 0 Å². The fraction of sp³-hybridized carbons (Fsp3) is 0.500.